The molecule has 0 atom stereocenters. The number of allylic oxidation sites excluding steroid dienone is 1. The third-order valence-corrected chi connectivity index (χ3v) is 3.11. The molecule has 68 valence electrons. The molecule has 1 heterocycles. The van der Waals surface area contributed by atoms with Crippen molar-refractivity contribution in [2.45, 2.75) is 40.2 Å². The lowest BCUT2D eigenvalue weighted by molar-refractivity contribution is 0.292. The van der Waals surface area contributed by atoms with Crippen LogP contribution in [0.2, 0.25) is 0 Å². The summed E-state index contributed by atoms with van der Waals surface area (Å²) in [4.78, 5) is 6.68. The van der Waals surface area contributed by atoms with Gasteiger partial charge in [0.25, 0.3) is 0 Å². The summed E-state index contributed by atoms with van der Waals surface area (Å²) >= 11 is 0. The van der Waals surface area contributed by atoms with Crippen molar-refractivity contribution in [1.82, 2.24) is 4.90 Å². The van der Waals surface area contributed by atoms with E-state index in [4.69, 9.17) is 0 Å². The molecule has 0 unspecified atom stereocenters. The highest BCUT2D eigenvalue weighted by molar-refractivity contribution is 5.83. The van der Waals surface area contributed by atoms with Crippen molar-refractivity contribution in [2.24, 2.45) is 4.99 Å². The molecule has 0 bridgehead atoms. The van der Waals surface area contributed by atoms with E-state index >= 15 is 0 Å². The Balaban J connectivity index is 3.18. The van der Waals surface area contributed by atoms with Gasteiger partial charge in [0.2, 0.25) is 0 Å². The van der Waals surface area contributed by atoms with E-state index in [-0.39, 0.29) is 5.54 Å². The van der Waals surface area contributed by atoms with E-state index in [1.54, 1.807) is 0 Å². The lowest BCUT2D eigenvalue weighted by atomic mass is 9.90. The molecule has 0 aliphatic carbocycles. The van der Waals surface area contributed by atoms with E-state index < -0.39 is 0 Å². The van der Waals surface area contributed by atoms with Crippen LogP contribution in [0.25, 0.3) is 0 Å². The van der Waals surface area contributed by atoms with Crippen molar-refractivity contribution in [3.05, 3.63) is 11.3 Å². The molecule has 2 nitrogen and oxygen atoms in total. The summed E-state index contributed by atoms with van der Waals surface area (Å²) in [6.45, 7) is 10.7. The average Bonchev–Trinajstić information content (AvgIpc) is 1.99. The molecule has 0 amide bonds. The summed E-state index contributed by atoms with van der Waals surface area (Å²) in [5.74, 6) is 1.10. The molecule has 0 aromatic carbocycles. The second-order valence-corrected chi connectivity index (χ2v) is 3.99. The molecule has 1 aliphatic heterocycles. The van der Waals surface area contributed by atoms with Crippen LogP contribution in [-0.4, -0.2) is 23.3 Å². The molecule has 0 radical (unpaired) electrons. The number of aliphatic imine (C=N–C) groups is 1. The zero-order chi connectivity index (χ0) is 9.52. The maximum absolute atomic E-state index is 4.46. The molecule has 12 heavy (non-hydrogen) atoms. The van der Waals surface area contributed by atoms with E-state index in [1.807, 2.05) is 0 Å². The Kier molecular flexibility index (Phi) is 2.02. The van der Waals surface area contributed by atoms with Gasteiger partial charge in [0.1, 0.15) is 5.84 Å². The Bertz CT molecular complexity index is 259. The van der Waals surface area contributed by atoms with Gasteiger partial charge in [-0.25, -0.2) is 4.99 Å². The predicted octanol–water partition coefficient (Wildman–Crippen LogP) is 2.42. The Labute approximate surface area is 75.0 Å². The second kappa shape index (κ2) is 2.61. The fourth-order valence-corrected chi connectivity index (χ4v) is 1.50. The second-order valence-electron chi connectivity index (χ2n) is 3.99. The van der Waals surface area contributed by atoms with Gasteiger partial charge in [0.05, 0.1) is 5.54 Å². The molecule has 1 aliphatic rings. The van der Waals surface area contributed by atoms with Crippen molar-refractivity contribution in [2.75, 3.05) is 7.05 Å². The average molecular weight is 166 g/mol. The van der Waals surface area contributed by atoms with Gasteiger partial charge < -0.3 is 4.90 Å². The number of rotatable bonds is 0. The van der Waals surface area contributed by atoms with Crippen LogP contribution < -0.4 is 0 Å². The summed E-state index contributed by atoms with van der Waals surface area (Å²) in [7, 11) is 2.09. The van der Waals surface area contributed by atoms with Crippen molar-refractivity contribution in [3.63, 3.8) is 0 Å². The fourth-order valence-electron chi connectivity index (χ4n) is 1.50. The minimum absolute atomic E-state index is 0.121. The maximum Gasteiger partial charge on any atom is 0.102 e. The highest BCUT2D eigenvalue weighted by Gasteiger charge is 2.30. The Morgan fingerprint density at radius 3 is 2.17 bits per heavy atom. The fraction of sp³-hybridized carbons (Fsp3) is 0.700. The van der Waals surface area contributed by atoms with Crippen molar-refractivity contribution in [3.8, 4) is 0 Å². The highest BCUT2D eigenvalue weighted by atomic mass is 15.2. The molecule has 1 rings (SSSR count). The Morgan fingerprint density at radius 2 is 1.67 bits per heavy atom. The van der Waals surface area contributed by atoms with Crippen LogP contribution >= 0.6 is 0 Å². The molecule has 0 aromatic heterocycles. The van der Waals surface area contributed by atoms with Gasteiger partial charge >= 0.3 is 0 Å². The first-order valence-electron chi connectivity index (χ1n) is 4.34. The summed E-state index contributed by atoms with van der Waals surface area (Å²) in [5.41, 5.74) is 2.64. The standard InChI is InChI=1S/C10H18N2/c1-7-8(2)11-9(3)12(6)10(7,4)5/h1-6H3. The lowest BCUT2D eigenvalue weighted by Gasteiger charge is -2.41. The van der Waals surface area contributed by atoms with Crippen LogP contribution in [0, 0.1) is 0 Å². The molecule has 0 aromatic rings. The lowest BCUT2D eigenvalue weighted by Crippen LogP contribution is -2.47. The first-order chi connectivity index (χ1) is 5.37. The van der Waals surface area contributed by atoms with Crippen LogP contribution in [0.1, 0.15) is 34.6 Å². The number of hydrogen-bond donors (Lipinski definition) is 0. The summed E-state index contributed by atoms with van der Waals surface area (Å²) in [5, 5.41) is 0. The predicted molar refractivity (Wildman–Crippen MR) is 53.3 cm³/mol. The van der Waals surface area contributed by atoms with E-state index in [0.29, 0.717) is 0 Å². The third kappa shape index (κ3) is 1.15. The largest absolute Gasteiger partial charge is 0.354 e. The van der Waals surface area contributed by atoms with Gasteiger partial charge in [-0.05, 0) is 40.2 Å². The van der Waals surface area contributed by atoms with Crippen molar-refractivity contribution < 1.29 is 0 Å². The monoisotopic (exact) mass is 166 g/mol. The zero-order valence-corrected chi connectivity index (χ0v) is 8.89. The Hall–Kier alpha value is -0.790. The normalized spacial score (nSPS) is 22.8. The molecule has 0 spiro atoms. The maximum atomic E-state index is 4.46. The summed E-state index contributed by atoms with van der Waals surface area (Å²) in [6.07, 6.45) is 0. The minimum Gasteiger partial charge on any atom is -0.354 e. The first-order valence-corrected chi connectivity index (χ1v) is 4.34. The van der Waals surface area contributed by atoms with Crippen LogP contribution in [-0.2, 0) is 0 Å². The third-order valence-electron chi connectivity index (χ3n) is 3.11. The Morgan fingerprint density at radius 1 is 1.17 bits per heavy atom. The van der Waals surface area contributed by atoms with Crippen molar-refractivity contribution >= 4 is 5.84 Å². The molecule has 2 heteroatoms. The number of nitrogens with zero attached hydrogens (tertiary/aromatic N) is 2. The van der Waals surface area contributed by atoms with Crippen LogP contribution in [0.15, 0.2) is 16.3 Å². The summed E-state index contributed by atoms with van der Waals surface area (Å²) in [6, 6.07) is 0. The quantitative estimate of drug-likeness (QED) is 0.539. The zero-order valence-electron chi connectivity index (χ0n) is 8.89. The number of hydrogen-bond acceptors (Lipinski definition) is 2. The number of likely N-dealkylation sites (N-methyl/N-ethyl adjacent to an activating group) is 1. The van der Waals surface area contributed by atoms with Crippen LogP contribution in [0.4, 0.5) is 0 Å². The topological polar surface area (TPSA) is 15.6 Å². The van der Waals surface area contributed by atoms with E-state index in [9.17, 15) is 0 Å². The molecule has 0 saturated carbocycles. The van der Waals surface area contributed by atoms with Gasteiger partial charge in [0.15, 0.2) is 0 Å². The van der Waals surface area contributed by atoms with Crippen LogP contribution in [0.3, 0.4) is 0 Å². The van der Waals surface area contributed by atoms with E-state index in [1.165, 1.54) is 5.57 Å². The van der Waals surface area contributed by atoms with Gasteiger partial charge in [0, 0.05) is 12.7 Å². The highest BCUT2D eigenvalue weighted by Crippen LogP contribution is 2.29. The minimum atomic E-state index is 0.121. The SMILES string of the molecule is CC1=NC(C)=C(C)C(C)(C)N1C. The van der Waals surface area contributed by atoms with Crippen molar-refractivity contribution in [1.29, 1.82) is 0 Å². The smallest absolute Gasteiger partial charge is 0.102 e. The van der Waals surface area contributed by atoms with Crippen LogP contribution in [0.5, 0.6) is 0 Å². The first kappa shape index (κ1) is 9.30. The number of amidine groups is 1. The van der Waals surface area contributed by atoms with Gasteiger partial charge in [-0.1, -0.05) is 0 Å². The molecule has 0 N–H and O–H groups in total. The van der Waals surface area contributed by atoms with Gasteiger partial charge in [-0.3, -0.25) is 0 Å². The van der Waals surface area contributed by atoms with E-state index in [2.05, 4.69) is 51.6 Å². The van der Waals surface area contributed by atoms with Gasteiger partial charge in [-0.15, -0.1) is 0 Å². The molecular formula is C10H18N2. The van der Waals surface area contributed by atoms with E-state index in [0.717, 1.165) is 11.5 Å². The van der Waals surface area contributed by atoms with Gasteiger partial charge in [-0.2, -0.15) is 0 Å². The molecule has 0 fully saturated rings. The molecular weight excluding hydrogens is 148 g/mol. The summed E-state index contributed by atoms with van der Waals surface area (Å²) < 4.78 is 0. The molecule has 0 saturated heterocycles.